The van der Waals surface area contributed by atoms with Crippen molar-refractivity contribution in [2.75, 3.05) is 14.2 Å². The van der Waals surface area contributed by atoms with Crippen LogP contribution in [0.4, 0.5) is 0 Å². The Morgan fingerprint density at radius 1 is 0.938 bits per heavy atom. The van der Waals surface area contributed by atoms with Gasteiger partial charge in [-0.3, -0.25) is 0 Å². The van der Waals surface area contributed by atoms with Gasteiger partial charge in [0.1, 0.15) is 0 Å². The molecule has 0 aliphatic heterocycles. The molecule has 1 atom stereocenters. The molecule has 90 valence electrons. The Morgan fingerprint density at radius 2 is 1.38 bits per heavy atom. The lowest BCUT2D eigenvalue weighted by Gasteiger charge is -2.21. The van der Waals surface area contributed by atoms with Gasteiger partial charge in [-0.05, 0) is 17.0 Å². The fraction of sp³-hybridized carbons (Fsp3) is 0.538. The fourth-order valence-electron chi connectivity index (χ4n) is 1.65. The number of hydrogen-bond donors (Lipinski definition) is 1. The summed E-state index contributed by atoms with van der Waals surface area (Å²) in [7, 11) is 3.19. The first kappa shape index (κ1) is 13.2. The minimum Gasteiger partial charge on any atom is -0.354 e. The minimum atomic E-state index is -0.398. The van der Waals surface area contributed by atoms with E-state index >= 15 is 0 Å². The molecular weight excluding hydrogens is 202 g/mol. The maximum atomic E-state index is 6.04. The van der Waals surface area contributed by atoms with Crippen LogP contribution in [-0.2, 0) is 9.47 Å². The number of methoxy groups -OCH3 is 2. The van der Waals surface area contributed by atoms with E-state index in [0.29, 0.717) is 5.92 Å². The molecule has 0 aromatic heterocycles. The first-order valence-electron chi connectivity index (χ1n) is 5.51. The summed E-state index contributed by atoms with van der Waals surface area (Å²) < 4.78 is 10.3. The van der Waals surface area contributed by atoms with Gasteiger partial charge >= 0.3 is 0 Å². The van der Waals surface area contributed by atoms with Crippen LogP contribution in [0.5, 0.6) is 0 Å². The Hall–Kier alpha value is -0.900. The van der Waals surface area contributed by atoms with Gasteiger partial charge in [0.15, 0.2) is 6.29 Å². The van der Waals surface area contributed by atoms with E-state index in [9.17, 15) is 0 Å². The van der Waals surface area contributed by atoms with Gasteiger partial charge in [-0.1, -0.05) is 38.1 Å². The smallest absolute Gasteiger partial charge is 0.175 e. The van der Waals surface area contributed by atoms with Crippen molar-refractivity contribution in [2.24, 2.45) is 5.73 Å². The van der Waals surface area contributed by atoms with Crippen molar-refractivity contribution >= 4 is 0 Å². The fourth-order valence-corrected chi connectivity index (χ4v) is 1.65. The van der Waals surface area contributed by atoms with Crippen molar-refractivity contribution in [3.8, 4) is 0 Å². The van der Waals surface area contributed by atoms with Crippen LogP contribution in [0.3, 0.4) is 0 Å². The molecule has 0 amide bonds. The maximum Gasteiger partial charge on any atom is 0.175 e. The zero-order chi connectivity index (χ0) is 12.1. The van der Waals surface area contributed by atoms with E-state index in [1.165, 1.54) is 5.56 Å². The van der Waals surface area contributed by atoms with E-state index in [2.05, 4.69) is 26.0 Å². The summed E-state index contributed by atoms with van der Waals surface area (Å²) in [5.41, 5.74) is 8.37. The van der Waals surface area contributed by atoms with E-state index in [4.69, 9.17) is 15.2 Å². The zero-order valence-electron chi connectivity index (χ0n) is 10.4. The summed E-state index contributed by atoms with van der Waals surface area (Å²) in [6, 6.07) is 8.01. The van der Waals surface area contributed by atoms with Gasteiger partial charge in [0.2, 0.25) is 0 Å². The summed E-state index contributed by atoms with van der Waals surface area (Å²) in [4.78, 5) is 0. The van der Waals surface area contributed by atoms with Crippen LogP contribution in [0.25, 0.3) is 0 Å². The molecule has 3 nitrogen and oxygen atoms in total. The van der Waals surface area contributed by atoms with Crippen molar-refractivity contribution in [1.29, 1.82) is 0 Å². The Labute approximate surface area is 97.6 Å². The van der Waals surface area contributed by atoms with Crippen molar-refractivity contribution in [3.63, 3.8) is 0 Å². The highest BCUT2D eigenvalue weighted by Crippen LogP contribution is 2.20. The van der Waals surface area contributed by atoms with Crippen LogP contribution in [-0.4, -0.2) is 20.5 Å². The normalized spacial score (nSPS) is 13.4. The monoisotopic (exact) mass is 223 g/mol. The zero-order valence-corrected chi connectivity index (χ0v) is 10.4. The highest BCUT2D eigenvalue weighted by Gasteiger charge is 2.18. The van der Waals surface area contributed by atoms with Crippen molar-refractivity contribution in [3.05, 3.63) is 35.4 Å². The van der Waals surface area contributed by atoms with Crippen molar-refractivity contribution < 1.29 is 9.47 Å². The average Bonchev–Trinajstić information content (AvgIpc) is 2.30. The Morgan fingerprint density at radius 3 is 1.75 bits per heavy atom. The predicted octanol–water partition coefficient (Wildman–Crippen LogP) is 2.43. The molecule has 0 radical (unpaired) electrons. The lowest BCUT2D eigenvalue weighted by atomic mass is 9.99. The SMILES string of the molecule is COC(OC)C(N)c1ccc(C(C)C)cc1. The Kier molecular flexibility index (Phi) is 4.93. The number of rotatable bonds is 5. The summed E-state index contributed by atoms with van der Waals surface area (Å²) in [6.07, 6.45) is -0.398. The van der Waals surface area contributed by atoms with Crippen LogP contribution >= 0.6 is 0 Å². The van der Waals surface area contributed by atoms with E-state index in [0.717, 1.165) is 5.56 Å². The van der Waals surface area contributed by atoms with Crippen LogP contribution in [0.15, 0.2) is 24.3 Å². The second-order valence-corrected chi connectivity index (χ2v) is 4.19. The molecule has 0 heterocycles. The second kappa shape index (κ2) is 5.99. The molecule has 1 aromatic rings. The lowest BCUT2D eigenvalue weighted by molar-refractivity contribution is -0.117. The maximum absolute atomic E-state index is 6.04. The molecule has 0 bridgehead atoms. The highest BCUT2D eigenvalue weighted by molar-refractivity contribution is 5.27. The van der Waals surface area contributed by atoms with E-state index in [-0.39, 0.29) is 6.04 Å². The number of nitrogens with two attached hydrogens (primary N) is 1. The molecule has 0 aliphatic carbocycles. The molecule has 0 spiro atoms. The third kappa shape index (κ3) is 3.04. The number of hydrogen-bond acceptors (Lipinski definition) is 3. The van der Waals surface area contributed by atoms with Gasteiger partial charge in [0.25, 0.3) is 0 Å². The van der Waals surface area contributed by atoms with Crippen LogP contribution in [0.2, 0.25) is 0 Å². The molecule has 0 fully saturated rings. The number of ether oxygens (including phenoxy) is 2. The molecule has 1 rings (SSSR count). The van der Waals surface area contributed by atoms with Gasteiger partial charge < -0.3 is 15.2 Å². The third-order valence-corrected chi connectivity index (χ3v) is 2.75. The molecule has 0 aliphatic rings. The quantitative estimate of drug-likeness (QED) is 0.780. The van der Waals surface area contributed by atoms with Crippen molar-refractivity contribution in [2.45, 2.75) is 32.1 Å². The van der Waals surface area contributed by atoms with Gasteiger partial charge in [0, 0.05) is 14.2 Å². The first-order valence-corrected chi connectivity index (χ1v) is 5.51. The second-order valence-electron chi connectivity index (χ2n) is 4.19. The highest BCUT2D eigenvalue weighted by atomic mass is 16.7. The average molecular weight is 223 g/mol. The van der Waals surface area contributed by atoms with Crippen LogP contribution in [0.1, 0.15) is 36.9 Å². The molecule has 2 N–H and O–H groups in total. The Balaban J connectivity index is 2.80. The van der Waals surface area contributed by atoms with E-state index < -0.39 is 6.29 Å². The van der Waals surface area contributed by atoms with Crippen LogP contribution < -0.4 is 5.73 Å². The van der Waals surface area contributed by atoms with Gasteiger partial charge in [0.05, 0.1) is 6.04 Å². The first-order chi connectivity index (χ1) is 7.60. The Bertz CT molecular complexity index is 304. The third-order valence-electron chi connectivity index (χ3n) is 2.75. The van der Waals surface area contributed by atoms with E-state index in [1.807, 2.05) is 12.1 Å². The van der Waals surface area contributed by atoms with E-state index in [1.54, 1.807) is 14.2 Å². The molecule has 1 unspecified atom stereocenters. The summed E-state index contributed by atoms with van der Waals surface area (Å²) in [5, 5.41) is 0. The molecule has 0 saturated carbocycles. The van der Waals surface area contributed by atoms with Crippen LogP contribution in [0, 0.1) is 0 Å². The summed E-state index contributed by atoms with van der Waals surface area (Å²) in [5.74, 6) is 0.533. The molecule has 3 heteroatoms. The molecule has 0 saturated heterocycles. The van der Waals surface area contributed by atoms with Gasteiger partial charge in [-0.15, -0.1) is 0 Å². The summed E-state index contributed by atoms with van der Waals surface area (Å²) >= 11 is 0. The molecular formula is C13H21NO2. The molecule has 1 aromatic carbocycles. The number of benzene rings is 1. The largest absolute Gasteiger partial charge is 0.354 e. The predicted molar refractivity (Wildman–Crippen MR) is 65.3 cm³/mol. The van der Waals surface area contributed by atoms with Crippen molar-refractivity contribution in [1.82, 2.24) is 0 Å². The standard InChI is InChI=1S/C13H21NO2/c1-9(2)10-5-7-11(8-6-10)12(14)13(15-3)16-4/h5-9,12-13H,14H2,1-4H3. The minimum absolute atomic E-state index is 0.254. The topological polar surface area (TPSA) is 44.5 Å². The van der Waals surface area contributed by atoms with Gasteiger partial charge in [-0.25, -0.2) is 0 Å². The molecule has 16 heavy (non-hydrogen) atoms. The van der Waals surface area contributed by atoms with Gasteiger partial charge in [-0.2, -0.15) is 0 Å². The summed E-state index contributed by atoms with van der Waals surface area (Å²) in [6.45, 7) is 4.34. The lowest BCUT2D eigenvalue weighted by Crippen LogP contribution is -2.29.